The lowest BCUT2D eigenvalue weighted by molar-refractivity contribution is 0.230. The van der Waals surface area contributed by atoms with Crippen LogP contribution >= 0.6 is 11.8 Å². The summed E-state index contributed by atoms with van der Waals surface area (Å²) in [7, 11) is 1.75. The van der Waals surface area contributed by atoms with Crippen LogP contribution in [0, 0.1) is 0 Å². The van der Waals surface area contributed by atoms with Gasteiger partial charge in [-0.05, 0) is 24.5 Å². The molecule has 1 aliphatic heterocycles. The Labute approximate surface area is 108 Å². The van der Waals surface area contributed by atoms with E-state index in [-0.39, 0.29) is 0 Å². The maximum atomic E-state index is 5.43. The third-order valence-electron chi connectivity index (χ3n) is 3.09. The van der Waals surface area contributed by atoms with Crippen molar-refractivity contribution in [3.05, 3.63) is 23.8 Å². The van der Waals surface area contributed by atoms with Crippen LogP contribution in [0.3, 0.4) is 0 Å². The highest BCUT2D eigenvalue weighted by atomic mass is 32.2. The highest BCUT2D eigenvalue weighted by Crippen LogP contribution is 2.25. The quantitative estimate of drug-likeness (QED) is 0.826. The molecule has 0 spiro atoms. The molecule has 0 radical (unpaired) electrons. The third-order valence-corrected chi connectivity index (χ3v) is 3.82. The topological polar surface area (TPSA) is 24.5 Å². The number of benzene rings is 1. The summed E-state index contributed by atoms with van der Waals surface area (Å²) in [4.78, 5) is 3.77. The molecule has 0 aliphatic carbocycles. The number of hydrogen-bond donors (Lipinski definition) is 1. The molecule has 2 rings (SSSR count). The van der Waals surface area contributed by atoms with Crippen LogP contribution in [0.25, 0.3) is 0 Å². The minimum Gasteiger partial charge on any atom is -0.496 e. The molecular formula is C13H20N2OS. The SMILES string of the molecule is COc1ccc(SC)cc1CN1CCNCC1. The number of nitrogens with zero attached hydrogens (tertiary/aromatic N) is 1. The van der Waals surface area contributed by atoms with Gasteiger partial charge in [0.05, 0.1) is 7.11 Å². The fourth-order valence-electron chi connectivity index (χ4n) is 2.12. The fraction of sp³-hybridized carbons (Fsp3) is 0.538. The van der Waals surface area contributed by atoms with Crippen molar-refractivity contribution in [2.45, 2.75) is 11.4 Å². The Morgan fingerprint density at radius 1 is 1.35 bits per heavy atom. The van der Waals surface area contributed by atoms with E-state index in [9.17, 15) is 0 Å². The van der Waals surface area contributed by atoms with Crippen molar-refractivity contribution in [1.82, 2.24) is 10.2 Å². The molecule has 0 saturated carbocycles. The summed E-state index contributed by atoms with van der Waals surface area (Å²) in [6.07, 6.45) is 2.11. The number of methoxy groups -OCH3 is 1. The van der Waals surface area contributed by atoms with Crippen LogP contribution in [-0.4, -0.2) is 44.4 Å². The molecule has 1 aromatic carbocycles. The summed E-state index contributed by atoms with van der Waals surface area (Å²) >= 11 is 1.78. The highest BCUT2D eigenvalue weighted by molar-refractivity contribution is 7.98. The van der Waals surface area contributed by atoms with Crippen molar-refractivity contribution in [3.8, 4) is 5.75 Å². The van der Waals surface area contributed by atoms with E-state index in [4.69, 9.17) is 4.74 Å². The molecule has 0 atom stereocenters. The van der Waals surface area contributed by atoms with Crippen LogP contribution in [0.5, 0.6) is 5.75 Å². The van der Waals surface area contributed by atoms with Gasteiger partial charge in [-0.25, -0.2) is 0 Å². The molecule has 94 valence electrons. The Morgan fingerprint density at radius 3 is 2.76 bits per heavy atom. The lowest BCUT2D eigenvalue weighted by Crippen LogP contribution is -2.42. The summed E-state index contributed by atoms with van der Waals surface area (Å²) in [5.41, 5.74) is 1.29. The monoisotopic (exact) mass is 252 g/mol. The predicted molar refractivity (Wildman–Crippen MR) is 72.9 cm³/mol. The molecule has 1 fully saturated rings. The van der Waals surface area contributed by atoms with Gasteiger partial charge in [-0.1, -0.05) is 0 Å². The molecule has 0 unspecified atom stereocenters. The smallest absolute Gasteiger partial charge is 0.123 e. The summed E-state index contributed by atoms with van der Waals surface area (Å²) in [5, 5.41) is 3.37. The third kappa shape index (κ3) is 3.37. The molecule has 0 bridgehead atoms. The van der Waals surface area contributed by atoms with Gasteiger partial charge in [0, 0.05) is 43.2 Å². The van der Waals surface area contributed by atoms with Crippen LogP contribution in [0.4, 0.5) is 0 Å². The molecule has 1 heterocycles. The maximum Gasteiger partial charge on any atom is 0.123 e. The van der Waals surface area contributed by atoms with E-state index < -0.39 is 0 Å². The van der Waals surface area contributed by atoms with Gasteiger partial charge in [-0.2, -0.15) is 0 Å². The molecule has 4 heteroatoms. The van der Waals surface area contributed by atoms with Gasteiger partial charge in [0.1, 0.15) is 5.75 Å². The van der Waals surface area contributed by atoms with E-state index in [2.05, 4.69) is 34.7 Å². The highest BCUT2D eigenvalue weighted by Gasteiger charge is 2.12. The first-order chi connectivity index (χ1) is 8.33. The van der Waals surface area contributed by atoms with E-state index in [1.54, 1.807) is 18.9 Å². The van der Waals surface area contributed by atoms with Crippen molar-refractivity contribution in [2.24, 2.45) is 0 Å². The molecule has 1 N–H and O–H groups in total. The van der Waals surface area contributed by atoms with Crippen LogP contribution in [0.1, 0.15) is 5.56 Å². The lowest BCUT2D eigenvalue weighted by Gasteiger charge is -2.27. The van der Waals surface area contributed by atoms with E-state index >= 15 is 0 Å². The normalized spacial score (nSPS) is 17.1. The summed E-state index contributed by atoms with van der Waals surface area (Å²) in [6.45, 7) is 5.40. The van der Waals surface area contributed by atoms with Crippen molar-refractivity contribution in [3.63, 3.8) is 0 Å². The minimum absolute atomic E-state index is 0.985. The molecular weight excluding hydrogens is 232 g/mol. The second-order valence-electron chi connectivity index (χ2n) is 4.20. The molecule has 17 heavy (non-hydrogen) atoms. The Hall–Kier alpha value is -0.710. The number of hydrogen-bond acceptors (Lipinski definition) is 4. The molecule has 0 amide bonds. The molecule has 1 aliphatic rings. The largest absolute Gasteiger partial charge is 0.496 e. The standard InChI is InChI=1S/C13H20N2OS/c1-16-13-4-3-12(17-2)9-11(13)10-15-7-5-14-6-8-15/h3-4,9,14H,5-8,10H2,1-2H3. The van der Waals surface area contributed by atoms with Crippen LogP contribution in [-0.2, 0) is 6.54 Å². The van der Waals surface area contributed by atoms with Gasteiger partial charge >= 0.3 is 0 Å². The zero-order valence-electron chi connectivity index (χ0n) is 10.5. The van der Waals surface area contributed by atoms with Gasteiger partial charge in [0.15, 0.2) is 0 Å². The second-order valence-corrected chi connectivity index (χ2v) is 5.08. The van der Waals surface area contributed by atoms with Gasteiger partial charge in [0.25, 0.3) is 0 Å². The Balaban J connectivity index is 2.11. The first kappa shape index (κ1) is 12.7. The lowest BCUT2D eigenvalue weighted by atomic mass is 10.1. The molecule has 1 aromatic rings. The predicted octanol–water partition coefficient (Wildman–Crippen LogP) is 1.82. The fourth-order valence-corrected chi connectivity index (χ4v) is 2.58. The number of ether oxygens (including phenoxy) is 1. The average molecular weight is 252 g/mol. The maximum absolute atomic E-state index is 5.43. The summed E-state index contributed by atoms with van der Waals surface area (Å²) in [5.74, 6) is 1.00. The number of piperazine rings is 1. The van der Waals surface area contributed by atoms with Crippen molar-refractivity contribution >= 4 is 11.8 Å². The number of rotatable bonds is 4. The molecule has 3 nitrogen and oxygen atoms in total. The van der Waals surface area contributed by atoms with E-state index in [1.807, 2.05) is 0 Å². The van der Waals surface area contributed by atoms with Gasteiger partial charge in [0.2, 0.25) is 0 Å². The average Bonchev–Trinajstić information content (AvgIpc) is 2.40. The van der Waals surface area contributed by atoms with Gasteiger partial charge < -0.3 is 10.1 Å². The first-order valence-corrected chi connectivity index (χ1v) is 7.20. The Kier molecular flexibility index (Phi) is 4.71. The molecule has 1 saturated heterocycles. The number of thioether (sulfide) groups is 1. The van der Waals surface area contributed by atoms with Crippen molar-refractivity contribution < 1.29 is 4.74 Å². The van der Waals surface area contributed by atoms with E-state index in [0.29, 0.717) is 0 Å². The van der Waals surface area contributed by atoms with Crippen LogP contribution in [0.15, 0.2) is 23.1 Å². The zero-order valence-corrected chi connectivity index (χ0v) is 11.3. The molecule has 0 aromatic heterocycles. The van der Waals surface area contributed by atoms with Crippen LogP contribution in [0.2, 0.25) is 0 Å². The summed E-state index contributed by atoms with van der Waals surface area (Å²) < 4.78 is 5.43. The Bertz CT molecular complexity index is 364. The van der Waals surface area contributed by atoms with E-state index in [1.165, 1.54) is 10.5 Å². The van der Waals surface area contributed by atoms with Gasteiger partial charge in [-0.15, -0.1) is 11.8 Å². The van der Waals surface area contributed by atoms with E-state index in [0.717, 1.165) is 38.5 Å². The van der Waals surface area contributed by atoms with Gasteiger partial charge in [-0.3, -0.25) is 4.90 Å². The minimum atomic E-state index is 0.985. The van der Waals surface area contributed by atoms with Crippen molar-refractivity contribution in [1.29, 1.82) is 0 Å². The second kappa shape index (κ2) is 6.28. The summed E-state index contributed by atoms with van der Waals surface area (Å²) in [6, 6.07) is 6.43. The van der Waals surface area contributed by atoms with Crippen LogP contribution < -0.4 is 10.1 Å². The Morgan fingerprint density at radius 2 is 2.12 bits per heavy atom. The number of nitrogens with one attached hydrogen (secondary N) is 1. The first-order valence-electron chi connectivity index (χ1n) is 5.97. The zero-order chi connectivity index (χ0) is 12.1. The van der Waals surface area contributed by atoms with Crippen molar-refractivity contribution in [2.75, 3.05) is 39.5 Å².